The van der Waals surface area contributed by atoms with E-state index in [9.17, 15) is 9.59 Å². The first-order valence-electron chi connectivity index (χ1n) is 8.57. The van der Waals surface area contributed by atoms with Gasteiger partial charge in [0.1, 0.15) is 17.9 Å². The molecule has 2 saturated heterocycles. The number of hydrogen-bond acceptors (Lipinski definition) is 5. The summed E-state index contributed by atoms with van der Waals surface area (Å²) in [5, 5.41) is 0. The van der Waals surface area contributed by atoms with Crippen molar-refractivity contribution >= 4 is 11.9 Å². The number of ether oxygens (including phenoxy) is 2. The molecule has 136 valence electrons. The third-order valence-corrected chi connectivity index (χ3v) is 5.00. The molecule has 1 atom stereocenters. The number of imide groups is 1. The summed E-state index contributed by atoms with van der Waals surface area (Å²) in [7, 11) is 3.15. The van der Waals surface area contributed by atoms with E-state index in [0.29, 0.717) is 32.7 Å². The lowest BCUT2D eigenvalue weighted by Gasteiger charge is -2.31. The van der Waals surface area contributed by atoms with Crippen molar-refractivity contribution in [3.05, 3.63) is 30.3 Å². The summed E-state index contributed by atoms with van der Waals surface area (Å²) in [5.41, 5.74) is -0.753. The Morgan fingerprint density at radius 1 is 1.12 bits per heavy atom. The van der Waals surface area contributed by atoms with Gasteiger partial charge < -0.3 is 14.4 Å². The maximum absolute atomic E-state index is 12.7. The molecular formula is C18H25N3O4. The van der Waals surface area contributed by atoms with Gasteiger partial charge in [0.25, 0.3) is 5.91 Å². The lowest BCUT2D eigenvalue weighted by molar-refractivity contribution is -0.132. The number of methoxy groups -OCH3 is 1. The van der Waals surface area contributed by atoms with Crippen molar-refractivity contribution in [1.29, 1.82) is 0 Å². The first-order valence-corrected chi connectivity index (χ1v) is 8.57. The highest BCUT2D eigenvalue weighted by molar-refractivity contribution is 6.07. The summed E-state index contributed by atoms with van der Waals surface area (Å²) in [5.74, 6) is 0.727. The van der Waals surface area contributed by atoms with E-state index in [1.165, 1.54) is 4.90 Å². The number of nitrogens with zero attached hydrogens (tertiary/aromatic N) is 3. The second-order valence-electron chi connectivity index (χ2n) is 6.51. The first kappa shape index (κ1) is 17.7. The number of carbonyl (C=O) groups excluding carboxylic acids is 2. The van der Waals surface area contributed by atoms with Crippen LogP contribution in [0.25, 0.3) is 0 Å². The van der Waals surface area contributed by atoms with Crippen LogP contribution in [0.4, 0.5) is 4.79 Å². The third kappa shape index (κ3) is 3.34. The van der Waals surface area contributed by atoms with Crippen LogP contribution in [0, 0.1) is 0 Å². The third-order valence-electron chi connectivity index (χ3n) is 5.00. The number of benzene rings is 1. The zero-order chi connectivity index (χ0) is 17.9. The molecule has 1 unspecified atom stereocenters. The zero-order valence-electron chi connectivity index (χ0n) is 14.8. The first-order chi connectivity index (χ1) is 12.1. The smallest absolute Gasteiger partial charge is 0.327 e. The Labute approximate surface area is 148 Å². The van der Waals surface area contributed by atoms with Crippen LogP contribution >= 0.6 is 0 Å². The number of urea groups is 1. The van der Waals surface area contributed by atoms with Crippen LogP contribution < -0.4 is 4.74 Å². The minimum Gasteiger partial charge on any atom is -0.492 e. The number of rotatable bonds is 7. The van der Waals surface area contributed by atoms with E-state index in [1.54, 1.807) is 19.1 Å². The highest BCUT2D eigenvalue weighted by atomic mass is 16.5. The van der Waals surface area contributed by atoms with Crippen LogP contribution in [0.2, 0.25) is 0 Å². The quantitative estimate of drug-likeness (QED) is 0.690. The van der Waals surface area contributed by atoms with Crippen LogP contribution in [-0.2, 0) is 9.53 Å². The molecule has 1 aromatic carbocycles. The minimum atomic E-state index is -0.753. The molecular weight excluding hydrogens is 322 g/mol. The van der Waals surface area contributed by atoms with E-state index in [4.69, 9.17) is 9.47 Å². The van der Waals surface area contributed by atoms with Crippen LogP contribution in [0.15, 0.2) is 30.3 Å². The molecule has 1 spiro atoms. The van der Waals surface area contributed by atoms with Crippen molar-refractivity contribution in [3.63, 3.8) is 0 Å². The maximum Gasteiger partial charge on any atom is 0.327 e. The Bertz CT molecular complexity index is 624. The second-order valence-corrected chi connectivity index (χ2v) is 6.51. The van der Waals surface area contributed by atoms with Gasteiger partial charge in [-0.1, -0.05) is 18.2 Å². The standard InChI is InChI=1S/C18H25N3O4/c1-19-16(22)18(21(17(19)23)11-12-24-2)8-9-20(14-18)10-13-25-15-6-4-3-5-7-15/h3-7H,8-14H2,1-2H3. The SMILES string of the molecule is COCCN1C(=O)N(C)C(=O)C12CCN(CCOc1ccccc1)C2. The van der Waals surface area contributed by atoms with Gasteiger partial charge in [0.15, 0.2) is 0 Å². The van der Waals surface area contributed by atoms with Crippen molar-refractivity contribution in [3.8, 4) is 5.75 Å². The molecule has 0 aromatic heterocycles. The average Bonchev–Trinajstić information content (AvgIpc) is 3.12. The number of carbonyl (C=O) groups is 2. The van der Waals surface area contributed by atoms with E-state index >= 15 is 0 Å². The highest BCUT2D eigenvalue weighted by Crippen LogP contribution is 2.35. The number of likely N-dealkylation sites (tertiary alicyclic amines) is 1. The van der Waals surface area contributed by atoms with Gasteiger partial charge in [-0.15, -0.1) is 0 Å². The fraction of sp³-hybridized carbons (Fsp3) is 0.556. The largest absolute Gasteiger partial charge is 0.492 e. The second kappa shape index (κ2) is 7.41. The van der Waals surface area contributed by atoms with Gasteiger partial charge in [0.2, 0.25) is 0 Å². The molecule has 0 radical (unpaired) electrons. The Morgan fingerprint density at radius 3 is 2.60 bits per heavy atom. The fourth-order valence-electron chi connectivity index (χ4n) is 3.64. The van der Waals surface area contributed by atoms with Gasteiger partial charge in [-0.2, -0.15) is 0 Å². The van der Waals surface area contributed by atoms with Gasteiger partial charge in [-0.25, -0.2) is 4.79 Å². The van der Waals surface area contributed by atoms with Gasteiger partial charge in [0.05, 0.1) is 6.61 Å². The molecule has 0 bridgehead atoms. The van der Waals surface area contributed by atoms with Crippen LogP contribution in [0.5, 0.6) is 5.75 Å². The predicted octanol–water partition coefficient (Wildman–Crippen LogP) is 1.05. The summed E-state index contributed by atoms with van der Waals surface area (Å²) in [6, 6.07) is 9.44. The Kier molecular flexibility index (Phi) is 5.24. The van der Waals surface area contributed by atoms with Gasteiger partial charge in [0, 0.05) is 40.3 Å². The summed E-state index contributed by atoms with van der Waals surface area (Å²) in [6.07, 6.45) is 0.650. The Hall–Kier alpha value is -2.12. The van der Waals surface area contributed by atoms with E-state index in [-0.39, 0.29) is 11.9 Å². The summed E-state index contributed by atoms with van der Waals surface area (Å²) >= 11 is 0. The van der Waals surface area contributed by atoms with Crippen LogP contribution in [0.1, 0.15) is 6.42 Å². The van der Waals surface area contributed by atoms with Crippen molar-refractivity contribution < 1.29 is 19.1 Å². The summed E-state index contributed by atoms with van der Waals surface area (Å²) < 4.78 is 10.9. The molecule has 3 rings (SSSR count). The van der Waals surface area contributed by atoms with Gasteiger partial charge in [-0.05, 0) is 18.6 Å². The highest BCUT2D eigenvalue weighted by Gasteiger charge is 2.58. The maximum atomic E-state index is 12.7. The lowest BCUT2D eigenvalue weighted by Crippen LogP contribution is -2.52. The van der Waals surface area contributed by atoms with Crippen molar-refractivity contribution in [2.75, 3.05) is 53.6 Å². The lowest BCUT2D eigenvalue weighted by atomic mass is 9.97. The van der Waals surface area contributed by atoms with E-state index in [1.807, 2.05) is 30.3 Å². The van der Waals surface area contributed by atoms with Crippen molar-refractivity contribution in [1.82, 2.24) is 14.7 Å². The monoisotopic (exact) mass is 347 g/mol. The minimum absolute atomic E-state index is 0.111. The molecule has 3 amide bonds. The molecule has 2 fully saturated rings. The summed E-state index contributed by atoms with van der Waals surface area (Å²) in [6.45, 7) is 3.44. The molecule has 0 saturated carbocycles. The van der Waals surface area contributed by atoms with E-state index < -0.39 is 5.54 Å². The Balaban J connectivity index is 1.60. The molecule has 2 aliphatic rings. The number of hydrogen-bond donors (Lipinski definition) is 0. The fourth-order valence-corrected chi connectivity index (χ4v) is 3.64. The van der Waals surface area contributed by atoms with E-state index in [0.717, 1.165) is 18.8 Å². The molecule has 7 nitrogen and oxygen atoms in total. The van der Waals surface area contributed by atoms with Crippen LogP contribution in [0.3, 0.4) is 0 Å². The van der Waals surface area contributed by atoms with Crippen molar-refractivity contribution in [2.24, 2.45) is 0 Å². The van der Waals surface area contributed by atoms with E-state index in [2.05, 4.69) is 4.90 Å². The number of para-hydroxylation sites is 1. The van der Waals surface area contributed by atoms with Gasteiger partial charge in [-0.3, -0.25) is 14.6 Å². The molecule has 25 heavy (non-hydrogen) atoms. The Morgan fingerprint density at radius 2 is 1.88 bits per heavy atom. The average molecular weight is 347 g/mol. The molecule has 2 aliphatic heterocycles. The van der Waals surface area contributed by atoms with Gasteiger partial charge >= 0.3 is 6.03 Å². The van der Waals surface area contributed by atoms with Crippen molar-refractivity contribution in [2.45, 2.75) is 12.0 Å². The number of amides is 3. The molecule has 0 N–H and O–H groups in total. The molecule has 0 aliphatic carbocycles. The predicted molar refractivity (Wildman–Crippen MR) is 92.5 cm³/mol. The zero-order valence-corrected chi connectivity index (χ0v) is 14.8. The number of likely N-dealkylation sites (N-methyl/N-ethyl adjacent to an activating group) is 1. The molecule has 7 heteroatoms. The van der Waals surface area contributed by atoms with Crippen LogP contribution in [-0.4, -0.2) is 85.7 Å². The topological polar surface area (TPSA) is 62.3 Å². The molecule has 2 heterocycles. The summed E-state index contributed by atoms with van der Waals surface area (Å²) in [4.78, 5) is 30.2. The normalized spacial score (nSPS) is 23.9. The molecule has 1 aromatic rings.